The lowest BCUT2D eigenvalue weighted by Crippen LogP contribution is -2.12. The molecule has 4 nitrogen and oxygen atoms in total. The zero-order chi connectivity index (χ0) is 17.4. The molecule has 2 unspecified atom stereocenters. The van der Waals surface area contributed by atoms with Gasteiger partial charge in [0.05, 0.1) is 13.2 Å². The summed E-state index contributed by atoms with van der Waals surface area (Å²) in [5.41, 5.74) is 3.83. The lowest BCUT2D eigenvalue weighted by Gasteiger charge is -2.26. The zero-order valence-electron chi connectivity index (χ0n) is 14.8. The van der Waals surface area contributed by atoms with Crippen LogP contribution in [0.3, 0.4) is 0 Å². The molecule has 0 spiro atoms. The molecule has 2 atom stereocenters. The van der Waals surface area contributed by atoms with Gasteiger partial charge in [-0.05, 0) is 43.1 Å². The zero-order valence-corrected chi connectivity index (χ0v) is 14.8. The predicted molar refractivity (Wildman–Crippen MR) is 97.8 cm³/mol. The van der Waals surface area contributed by atoms with Gasteiger partial charge in [-0.3, -0.25) is 0 Å². The van der Waals surface area contributed by atoms with Crippen LogP contribution < -0.4 is 9.47 Å². The van der Waals surface area contributed by atoms with Crippen LogP contribution in [0.4, 0.5) is 0 Å². The number of hydrogen-bond acceptors (Lipinski definition) is 4. The van der Waals surface area contributed by atoms with Crippen LogP contribution in [0.5, 0.6) is 11.5 Å². The Balaban J connectivity index is 2.02. The van der Waals surface area contributed by atoms with Crippen molar-refractivity contribution >= 4 is 10.8 Å². The third-order valence-electron chi connectivity index (χ3n) is 5.71. The molecule has 2 N–H and O–H groups in total. The number of fused-ring (bicyclic) bond motifs is 6. The summed E-state index contributed by atoms with van der Waals surface area (Å²) in [5, 5.41) is 20.8. The first kappa shape index (κ1) is 16.7. The van der Waals surface area contributed by atoms with E-state index in [9.17, 15) is 10.2 Å². The normalized spacial score (nSPS) is 20.9. The van der Waals surface area contributed by atoms with Crippen molar-refractivity contribution in [3.8, 4) is 11.5 Å². The number of hydrogen-bond donors (Lipinski definition) is 2. The van der Waals surface area contributed by atoms with Crippen molar-refractivity contribution < 1.29 is 19.7 Å². The summed E-state index contributed by atoms with van der Waals surface area (Å²) < 4.78 is 12.2. The van der Waals surface area contributed by atoms with E-state index in [0.717, 1.165) is 35.1 Å². The van der Waals surface area contributed by atoms with Crippen LogP contribution in [0.1, 0.15) is 54.7 Å². The van der Waals surface area contributed by atoms with Crippen molar-refractivity contribution in [2.45, 2.75) is 44.4 Å². The van der Waals surface area contributed by atoms with E-state index >= 15 is 0 Å². The average Bonchev–Trinajstić information content (AvgIpc) is 3.26. The SMILES string of the molecule is CCc1cccc2c(OCCO)c3c(c(OCCO)c12)C1CCC3C1. The highest BCUT2D eigenvalue weighted by molar-refractivity contribution is 5.99. The molecule has 2 bridgehead atoms. The highest BCUT2D eigenvalue weighted by Crippen LogP contribution is 2.61. The lowest BCUT2D eigenvalue weighted by molar-refractivity contribution is 0.198. The van der Waals surface area contributed by atoms with E-state index in [0.29, 0.717) is 25.0 Å². The van der Waals surface area contributed by atoms with Gasteiger partial charge in [-0.15, -0.1) is 0 Å². The molecule has 4 heteroatoms. The van der Waals surface area contributed by atoms with Crippen molar-refractivity contribution in [3.05, 3.63) is 34.9 Å². The van der Waals surface area contributed by atoms with Crippen LogP contribution >= 0.6 is 0 Å². The molecule has 2 aromatic carbocycles. The van der Waals surface area contributed by atoms with Gasteiger partial charge in [-0.1, -0.05) is 25.1 Å². The molecular formula is C21H26O4. The topological polar surface area (TPSA) is 58.9 Å². The quantitative estimate of drug-likeness (QED) is 0.808. The number of aliphatic hydroxyl groups is 2. The van der Waals surface area contributed by atoms with Gasteiger partial charge in [0.1, 0.15) is 24.7 Å². The summed E-state index contributed by atoms with van der Waals surface area (Å²) in [7, 11) is 0. The molecule has 25 heavy (non-hydrogen) atoms. The van der Waals surface area contributed by atoms with Crippen LogP contribution in [-0.2, 0) is 6.42 Å². The van der Waals surface area contributed by atoms with Gasteiger partial charge in [0.25, 0.3) is 0 Å². The van der Waals surface area contributed by atoms with E-state index in [1.165, 1.54) is 29.5 Å². The average molecular weight is 342 g/mol. The molecule has 1 saturated carbocycles. The van der Waals surface area contributed by atoms with Crippen LogP contribution in [0.25, 0.3) is 10.8 Å². The maximum atomic E-state index is 9.30. The highest BCUT2D eigenvalue weighted by atomic mass is 16.5. The summed E-state index contributed by atoms with van der Waals surface area (Å²) in [4.78, 5) is 0. The van der Waals surface area contributed by atoms with E-state index < -0.39 is 0 Å². The third-order valence-corrected chi connectivity index (χ3v) is 5.71. The Morgan fingerprint density at radius 3 is 2.24 bits per heavy atom. The number of aliphatic hydroxyl groups excluding tert-OH is 2. The van der Waals surface area contributed by atoms with Gasteiger partial charge in [-0.2, -0.15) is 0 Å². The molecular weight excluding hydrogens is 316 g/mol. The second-order valence-electron chi connectivity index (χ2n) is 7.03. The van der Waals surface area contributed by atoms with E-state index in [1.54, 1.807) is 0 Å². The molecule has 1 fully saturated rings. The molecule has 4 rings (SSSR count). The Labute approximate surface area is 148 Å². The van der Waals surface area contributed by atoms with E-state index in [-0.39, 0.29) is 13.2 Å². The maximum Gasteiger partial charge on any atom is 0.131 e. The summed E-state index contributed by atoms with van der Waals surface area (Å²) in [6, 6.07) is 6.31. The summed E-state index contributed by atoms with van der Waals surface area (Å²) in [6.07, 6.45) is 4.48. The first-order valence-corrected chi connectivity index (χ1v) is 9.38. The summed E-state index contributed by atoms with van der Waals surface area (Å²) in [5.74, 6) is 2.96. The van der Waals surface area contributed by atoms with E-state index in [4.69, 9.17) is 9.47 Å². The molecule has 0 heterocycles. The fraction of sp³-hybridized carbons (Fsp3) is 0.524. The lowest BCUT2D eigenvalue weighted by atomic mass is 9.85. The van der Waals surface area contributed by atoms with E-state index in [1.807, 2.05) is 0 Å². The number of aryl methyl sites for hydroxylation is 1. The Kier molecular flexibility index (Phi) is 4.57. The second-order valence-corrected chi connectivity index (χ2v) is 7.03. The molecule has 0 radical (unpaired) electrons. The fourth-order valence-corrected chi connectivity index (χ4v) is 4.79. The molecule has 134 valence electrons. The minimum atomic E-state index is 0.0145. The predicted octanol–water partition coefficient (Wildman–Crippen LogP) is 3.51. The minimum Gasteiger partial charge on any atom is -0.490 e. The maximum absolute atomic E-state index is 9.30. The highest BCUT2D eigenvalue weighted by Gasteiger charge is 2.43. The van der Waals surface area contributed by atoms with Gasteiger partial charge in [0.2, 0.25) is 0 Å². The second kappa shape index (κ2) is 6.85. The van der Waals surface area contributed by atoms with Crippen molar-refractivity contribution in [3.63, 3.8) is 0 Å². The smallest absolute Gasteiger partial charge is 0.131 e. The van der Waals surface area contributed by atoms with Crippen molar-refractivity contribution in [1.82, 2.24) is 0 Å². The first-order chi connectivity index (χ1) is 12.3. The minimum absolute atomic E-state index is 0.0145. The molecule has 0 saturated heterocycles. The van der Waals surface area contributed by atoms with Crippen LogP contribution in [0.2, 0.25) is 0 Å². The van der Waals surface area contributed by atoms with Gasteiger partial charge in [0.15, 0.2) is 0 Å². The summed E-state index contributed by atoms with van der Waals surface area (Å²) in [6.45, 7) is 2.81. The Bertz CT molecular complexity index is 783. The van der Waals surface area contributed by atoms with Crippen molar-refractivity contribution in [2.24, 2.45) is 0 Å². The van der Waals surface area contributed by atoms with Gasteiger partial charge < -0.3 is 19.7 Å². The Hall–Kier alpha value is -1.78. The van der Waals surface area contributed by atoms with Crippen LogP contribution in [0.15, 0.2) is 18.2 Å². The van der Waals surface area contributed by atoms with Crippen LogP contribution in [0, 0.1) is 0 Å². The third kappa shape index (κ3) is 2.59. The Morgan fingerprint density at radius 1 is 0.960 bits per heavy atom. The largest absolute Gasteiger partial charge is 0.490 e. The van der Waals surface area contributed by atoms with Gasteiger partial charge in [0, 0.05) is 21.9 Å². The summed E-state index contributed by atoms with van der Waals surface area (Å²) >= 11 is 0. The number of benzene rings is 2. The molecule has 2 aliphatic carbocycles. The van der Waals surface area contributed by atoms with Crippen molar-refractivity contribution in [1.29, 1.82) is 0 Å². The number of rotatable bonds is 7. The van der Waals surface area contributed by atoms with Crippen LogP contribution in [-0.4, -0.2) is 36.6 Å². The van der Waals surface area contributed by atoms with E-state index in [2.05, 4.69) is 25.1 Å². The molecule has 2 aromatic rings. The standard InChI is InChI=1S/C21H26O4/c1-2-13-4-3-5-16-17(13)21(25-11-9-23)19-15-7-6-14(12-15)18(19)20(16)24-10-8-22/h3-5,14-15,22-23H,2,6-12H2,1H3. The molecule has 0 amide bonds. The molecule has 0 aromatic heterocycles. The molecule has 2 aliphatic rings. The Morgan fingerprint density at radius 2 is 1.60 bits per heavy atom. The van der Waals surface area contributed by atoms with Gasteiger partial charge in [-0.25, -0.2) is 0 Å². The first-order valence-electron chi connectivity index (χ1n) is 9.38. The van der Waals surface area contributed by atoms with Crippen molar-refractivity contribution in [2.75, 3.05) is 26.4 Å². The fourth-order valence-electron chi connectivity index (χ4n) is 4.79. The molecule has 0 aliphatic heterocycles. The van der Waals surface area contributed by atoms with Gasteiger partial charge >= 0.3 is 0 Å². The number of ether oxygens (including phenoxy) is 2. The monoisotopic (exact) mass is 342 g/mol.